The molecule has 194 valence electrons. The van der Waals surface area contributed by atoms with Crippen LogP contribution in [0.15, 0.2) is 41.1 Å². The molecule has 8 nitrogen and oxygen atoms in total. The highest BCUT2D eigenvalue weighted by atomic mass is 32.1. The van der Waals surface area contributed by atoms with E-state index in [9.17, 15) is 28.2 Å². The van der Waals surface area contributed by atoms with Crippen molar-refractivity contribution in [3.8, 4) is 10.6 Å². The number of para-hydroxylation sites is 1. The summed E-state index contributed by atoms with van der Waals surface area (Å²) in [7, 11) is 0. The summed E-state index contributed by atoms with van der Waals surface area (Å²) in [6.07, 6.45) is -4.38. The van der Waals surface area contributed by atoms with E-state index < -0.39 is 36.3 Å². The first-order chi connectivity index (χ1) is 17.6. The number of thiophene rings is 1. The first kappa shape index (κ1) is 25.5. The number of aryl methyl sites for hydroxylation is 1. The number of hydrogen-bond donors (Lipinski definition) is 4. The second-order valence-corrected chi connectivity index (χ2v) is 10.6. The Hall–Kier alpha value is -3.13. The van der Waals surface area contributed by atoms with Gasteiger partial charge in [-0.2, -0.15) is 29.5 Å². The summed E-state index contributed by atoms with van der Waals surface area (Å²) in [6.45, 7) is 1.18. The molecule has 0 radical (unpaired) electrons. The van der Waals surface area contributed by atoms with Gasteiger partial charge in [0.15, 0.2) is 17.6 Å². The van der Waals surface area contributed by atoms with Gasteiger partial charge in [-0.3, -0.25) is 4.79 Å². The van der Waals surface area contributed by atoms with Gasteiger partial charge in [0.25, 0.3) is 0 Å². The molecule has 3 heterocycles. The van der Waals surface area contributed by atoms with E-state index in [4.69, 9.17) is 0 Å². The summed E-state index contributed by atoms with van der Waals surface area (Å²) in [5.41, 5.74) is -0.662. The Morgan fingerprint density at radius 1 is 1.22 bits per heavy atom. The second kappa shape index (κ2) is 9.63. The lowest BCUT2D eigenvalue weighted by Gasteiger charge is -2.26. The van der Waals surface area contributed by atoms with Crippen molar-refractivity contribution >= 4 is 50.4 Å². The lowest BCUT2D eigenvalue weighted by molar-refractivity contribution is -0.144. The number of hydrogen-bond acceptors (Lipinski definition) is 10. The molecule has 1 aliphatic rings. The Kier molecular flexibility index (Phi) is 6.64. The van der Waals surface area contributed by atoms with Gasteiger partial charge >= 0.3 is 6.18 Å². The van der Waals surface area contributed by atoms with Crippen LogP contribution in [0.4, 0.5) is 24.9 Å². The largest absolute Gasteiger partial charge is 0.412 e. The normalized spacial score (nSPS) is 20.9. The topological polar surface area (TPSA) is 120 Å². The van der Waals surface area contributed by atoms with Crippen LogP contribution in [0, 0.1) is 12.8 Å². The average molecular weight is 550 g/mol. The maximum atomic E-state index is 13.9. The first-order valence-electron chi connectivity index (χ1n) is 11.3. The molecule has 4 aromatic rings. The van der Waals surface area contributed by atoms with Crippen molar-refractivity contribution in [1.29, 1.82) is 0 Å². The molecule has 0 aliphatic heterocycles. The summed E-state index contributed by atoms with van der Waals surface area (Å²) in [5, 5.41) is 29.2. The minimum absolute atomic E-state index is 0.00222. The van der Waals surface area contributed by atoms with Crippen molar-refractivity contribution < 1.29 is 28.2 Å². The second-order valence-electron chi connectivity index (χ2n) is 8.79. The monoisotopic (exact) mass is 549 g/mol. The molecule has 0 amide bonds. The molecule has 0 saturated heterocycles. The molecule has 3 unspecified atom stereocenters. The predicted octanol–water partition coefficient (Wildman–Crippen LogP) is 4.91. The third-order valence-electron chi connectivity index (χ3n) is 6.25. The number of nitrogens with one attached hydrogen (secondary N) is 2. The molecule has 0 spiro atoms. The number of fused-ring (bicyclic) bond motifs is 1. The summed E-state index contributed by atoms with van der Waals surface area (Å²) >= 11 is 2.46. The van der Waals surface area contributed by atoms with Crippen molar-refractivity contribution in [2.45, 2.75) is 37.7 Å². The third kappa shape index (κ3) is 4.91. The predicted molar refractivity (Wildman–Crippen MR) is 136 cm³/mol. The fourth-order valence-electron chi connectivity index (χ4n) is 4.35. The number of carbonyl (C=O) groups excluding carboxylic acids is 1. The number of rotatable bonds is 7. The molecule has 3 aromatic heterocycles. The van der Waals surface area contributed by atoms with E-state index >= 15 is 0 Å². The molecule has 0 bridgehead atoms. The van der Waals surface area contributed by atoms with Gasteiger partial charge in [0.05, 0.1) is 28.1 Å². The maximum Gasteiger partial charge on any atom is 0.412 e. The van der Waals surface area contributed by atoms with Crippen molar-refractivity contribution in [2.75, 3.05) is 17.2 Å². The van der Waals surface area contributed by atoms with Gasteiger partial charge in [-0.1, -0.05) is 12.1 Å². The SMILES string of the molecule is Cc1nc(NC(c2ccsc2)C(F)(F)F)nc(NC2(O)CCC(CO)C2=O)c1-c1nc2ccccc2s1. The zero-order valence-corrected chi connectivity index (χ0v) is 21.0. The highest BCUT2D eigenvalue weighted by Crippen LogP contribution is 2.41. The van der Waals surface area contributed by atoms with Crippen molar-refractivity contribution in [3.63, 3.8) is 0 Å². The fourth-order valence-corrected chi connectivity index (χ4v) is 6.10. The molecule has 1 fully saturated rings. The average Bonchev–Trinajstić information content (AvgIpc) is 3.57. The highest BCUT2D eigenvalue weighted by molar-refractivity contribution is 7.21. The summed E-state index contributed by atoms with van der Waals surface area (Å²) in [6, 6.07) is 6.70. The molecule has 4 N–H and O–H groups in total. The molecule has 1 saturated carbocycles. The van der Waals surface area contributed by atoms with Crippen LogP contribution >= 0.6 is 22.7 Å². The molecule has 1 aliphatic carbocycles. The zero-order valence-electron chi connectivity index (χ0n) is 19.4. The fraction of sp³-hybridized carbons (Fsp3) is 0.333. The van der Waals surface area contributed by atoms with Crippen LogP contribution in [0.5, 0.6) is 0 Å². The van der Waals surface area contributed by atoms with Crippen LogP contribution in [0.25, 0.3) is 20.8 Å². The van der Waals surface area contributed by atoms with E-state index in [1.807, 2.05) is 24.3 Å². The summed E-state index contributed by atoms with van der Waals surface area (Å²) in [4.78, 5) is 26.0. The van der Waals surface area contributed by atoms with E-state index in [-0.39, 0.29) is 30.2 Å². The van der Waals surface area contributed by atoms with Gasteiger partial charge in [0, 0.05) is 12.3 Å². The number of thiazole rings is 1. The van der Waals surface area contributed by atoms with Crippen LogP contribution < -0.4 is 10.6 Å². The number of carbonyl (C=O) groups is 1. The van der Waals surface area contributed by atoms with E-state index in [0.29, 0.717) is 21.8 Å². The van der Waals surface area contributed by atoms with Crippen LogP contribution in [0.1, 0.15) is 30.1 Å². The smallest absolute Gasteiger partial charge is 0.396 e. The minimum atomic E-state index is -4.63. The number of anilines is 2. The Morgan fingerprint density at radius 3 is 2.65 bits per heavy atom. The van der Waals surface area contributed by atoms with Crippen LogP contribution in [0.2, 0.25) is 0 Å². The van der Waals surface area contributed by atoms with E-state index in [1.165, 1.54) is 22.8 Å². The number of aromatic nitrogens is 3. The number of halogens is 3. The van der Waals surface area contributed by atoms with Gasteiger partial charge < -0.3 is 20.8 Å². The van der Waals surface area contributed by atoms with Crippen LogP contribution in [-0.4, -0.2) is 49.5 Å². The lowest BCUT2D eigenvalue weighted by atomic mass is 10.1. The van der Waals surface area contributed by atoms with Crippen molar-refractivity contribution in [3.05, 3.63) is 52.3 Å². The third-order valence-corrected chi connectivity index (χ3v) is 8.01. The van der Waals surface area contributed by atoms with Gasteiger partial charge in [0.2, 0.25) is 5.95 Å². The Balaban J connectivity index is 1.60. The zero-order chi connectivity index (χ0) is 26.4. The quantitative estimate of drug-likeness (QED) is 0.240. The summed E-state index contributed by atoms with van der Waals surface area (Å²) in [5.74, 6) is -1.72. The molecule has 13 heteroatoms. The number of aliphatic hydroxyl groups excluding tert-OH is 1. The van der Waals surface area contributed by atoms with Gasteiger partial charge in [0.1, 0.15) is 10.8 Å². The number of alkyl halides is 3. The summed E-state index contributed by atoms with van der Waals surface area (Å²) < 4.78 is 42.6. The number of aliphatic hydroxyl groups is 2. The first-order valence-corrected chi connectivity index (χ1v) is 13.1. The van der Waals surface area contributed by atoms with E-state index in [0.717, 1.165) is 16.0 Å². The van der Waals surface area contributed by atoms with Crippen molar-refractivity contribution in [2.24, 2.45) is 5.92 Å². The highest BCUT2D eigenvalue weighted by Gasteiger charge is 2.47. The number of ketones is 1. The molecule has 3 atom stereocenters. The maximum absolute atomic E-state index is 13.9. The molecular formula is C24H22F3N5O3S2. The van der Waals surface area contributed by atoms with Crippen LogP contribution in [0.3, 0.4) is 0 Å². The van der Waals surface area contributed by atoms with Gasteiger partial charge in [-0.05, 0) is 47.9 Å². The molecule has 1 aromatic carbocycles. The Morgan fingerprint density at radius 2 is 2.00 bits per heavy atom. The molecule has 5 rings (SSSR count). The standard InChI is InChI=1S/C24H22F3N5O3S2/c1-12-17(21-29-15-4-2-3-5-16(15)37-21)20(32-23(35)8-6-13(10-33)19(23)34)31-22(28-12)30-18(24(25,26)27)14-7-9-36-11-14/h2-5,7,9,11,13,18,33,35H,6,8,10H2,1H3,(H2,28,30,31,32). The number of benzene rings is 1. The van der Waals surface area contributed by atoms with Gasteiger partial charge in [-0.15, -0.1) is 11.3 Å². The molecule has 37 heavy (non-hydrogen) atoms. The minimum Gasteiger partial charge on any atom is -0.396 e. The Labute approximate surface area is 217 Å². The lowest BCUT2D eigenvalue weighted by Crippen LogP contribution is -2.44. The van der Waals surface area contributed by atoms with E-state index in [1.54, 1.807) is 12.3 Å². The number of Topliss-reactive ketones (excluding diaryl/α,β-unsaturated/α-hetero) is 1. The number of nitrogens with zero attached hydrogens (tertiary/aromatic N) is 3. The van der Waals surface area contributed by atoms with Crippen LogP contribution in [-0.2, 0) is 4.79 Å². The van der Waals surface area contributed by atoms with Crippen molar-refractivity contribution in [1.82, 2.24) is 15.0 Å². The molecular weight excluding hydrogens is 527 g/mol. The van der Waals surface area contributed by atoms with E-state index in [2.05, 4.69) is 25.6 Å². The Bertz CT molecular complexity index is 1410. The van der Waals surface area contributed by atoms with Gasteiger partial charge in [-0.25, -0.2) is 9.97 Å².